The van der Waals surface area contributed by atoms with Gasteiger partial charge in [0.05, 0.1) is 37.7 Å². The molecule has 2 bridgehead atoms. The van der Waals surface area contributed by atoms with Crippen LogP contribution in [0, 0.1) is 11.8 Å². The maximum atomic E-state index is 14.7. The highest BCUT2D eigenvalue weighted by Gasteiger charge is 2.77. The largest absolute Gasteiger partial charge is 0.497 e. The van der Waals surface area contributed by atoms with Crippen molar-refractivity contribution in [3.63, 3.8) is 0 Å². The van der Waals surface area contributed by atoms with Crippen LogP contribution in [0.1, 0.15) is 18.0 Å². The highest BCUT2D eigenvalue weighted by atomic mass is 79.9. The molecule has 1 N–H and O–H groups in total. The van der Waals surface area contributed by atoms with Crippen LogP contribution in [0.25, 0.3) is 0 Å². The summed E-state index contributed by atoms with van der Waals surface area (Å²) in [6, 6.07) is 14.1. The number of carbonyl (C=O) groups excluding carboxylic acids is 3. The third-order valence-electron chi connectivity index (χ3n) is 8.23. The van der Waals surface area contributed by atoms with E-state index in [2.05, 4.69) is 29.1 Å². The fourth-order valence-corrected chi connectivity index (χ4v) is 7.52. The van der Waals surface area contributed by atoms with Gasteiger partial charge in [-0.05, 0) is 36.2 Å². The van der Waals surface area contributed by atoms with Crippen LogP contribution in [0.5, 0.6) is 5.75 Å². The van der Waals surface area contributed by atoms with Crippen molar-refractivity contribution in [3.05, 3.63) is 85.5 Å². The molecule has 2 aromatic rings. The maximum absolute atomic E-state index is 14.7. The van der Waals surface area contributed by atoms with E-state index in [1.54, 1.807) is 49.6 Å². The number of likely N-dealkylation sites (tertiary alicyclic amines) is 1. The summed E-state index contributed by atoms with van der Waals surface area (Å²) in [6.45, 7) is 7.17. The molecule has 0 radical (unpaired) electrons. The summed E-state index contributed by atoms with van der Waals surface area (Å²) in [4.78, 5) is 45.2. The molecular weight excluding hydrogens is 592 g/mol. The van der Waals surface area contributed by atoms with Gasteiger partial charge in [-0.3, -0.25) is 14.4 Å². The number of carbonyl (C=O) groups is 3. The molecule has 2 amide bonds. The lowest BCUT2D eigenvalue weighted by Crippen LogP contribution is -2.57. The first-order valence-electron chi connectivity index (χ1n) is 13.5. The highest BCUT2D eigenvalue weighted by Crippen LogP contribution is 2.61. The number of benzene rings is 2. The van der Waals surface area contributed by atoms with Gasteiger partial charge in [0.1, 0.15) is 24.0 Å². The van der Waals surface area contributed by atoms with Crippen molar-refractivity contribution < 1.29 is 33.7 Å². The van der Waals surface area contributed by atoms with Crippen LogP contribution in [-0.2, 0) is 23.9 Å². The number of halogens is 1. The summed E-state index contributed by atoms with van der Waals surface area (Å²) in [7, 11) is 1.56. The number of aliphatic hydroxyl groups excluding tert-OH is 1. The summed E-state index contributed by atoms with van der Waals surface area (Å²) >= 11 is 3.66. The van der Waals surface area contributed by atoms with Crippen LogP contribution in [0.15, 0.2) is 79.9 Å². The molecule has 9 nitrogen and oxygen atoms in total. The quantitative estimate of drug-likeness (QED) is 0.232. The molecule has 1 spiro atoms. The van der Waals surface area contributed by atoms with E-state index in [4.69, 9.17) is 14.2 Å². The number of fused-ring (bicyclic) bond motifs is 1. The van der Waals surface area contributed by atoms with Gasteiger partial charge in [0.2, 0.25) is 5.91 Å². The van der Waals surface area contributed by atoms with Crippen LogP contribution >= 0.6 is 15.9 Å². The Morgan fingerprint density at radius 2 is 1.90 bits per heavy atom. The van der Waals surface area contributed by atoms with Gasteiger partial charge in [-0.15, -0.1) is 6.58 Å². The normalized spacial score (nSPS) is 28.6. The van der Waals surface area contributed by atoms with E-state index >= 15 is 0 Å². The van der Waals surface area contributed by atoms with Gasteiger partial charge in [0.15, 0.2) is 0 Å². The first kappa shape index (κ1) is 29.0. The lowest BCUT2D eigenvalue weighted by Gasteiger charge is -2.39. The van der Waals surface area contributed by atoms with Crippen LogP contribution in [0.2, 0.25) is 0 Å². The van der Waals surface area contributed by atoms with Crippen molar-refractivity contribution in [3.8, 4) is 5.75 Å². The molecule has 3 fully saturated rings. The average molecular weight is 626 g/mol. The van der Waals surface area contributed by atoms with Crippen molar-refractivity contribution in [2.24, 2.45) is 11.8 Å². The number of amides is 2. The van der Waals surface area contributed by atoms with Gasteiger partial charge >= 0.3 is 5.97 Å². The molecule has 0 saturated carbocycles. The summed E-state index contributed by atoms with van der Waals surface area (Å²) in [5, 5.41) is 10.6. The molecule has 3 unspecified atom stereocenters. The second-order valence-corrected chi connectivity index (χ2v) is 11.5. The Morgan fingerprint density at radius 3 is 2.51 bits per heavy atom. The number of methoxy groups -OCH3 is 1. The van der Waals surface area contributed by atoms with Gasteiger partial charge < -0.3 is 29.1 Å². The third-order valence-corrected chi connectivity index (χ3v) is 9.08. The molecule has 3 heterocycles. The van der Waals surface area contributed by atoms with Gasteiger partial charge in [-0.1, -0.05) is 65.0 Å². The Bertz CT molecular complexity index is 1320. The molecule has 41 heavy (non-hydrogen) atoms. The molecule has 3 saturated heterocycles. The van der Waals surface area contributed by atoms with Gasteiger partial charge in [-0.25, -0.2) is 0 Å². The molecule has 0 aromatic heterocycles. The van der Waals surface area contributed by atoms with E-state index < -0.39 is 60.0 Å². The number of rotatable bonds is 11. The minimum atomic E-state index is -1.32. The van der Waals surface area contributed by atoms with Crippen molar-refractivity contribution in [1.82, 2.24) is 4.90 Å². The van der Waals surface area contributed by atoms with Crippen LogP contribution in [0.4, 0.5) is 5.69 Å². The average Bonchev–Trinajstić information content (AvgIpc) is 3.59. The first-order chi connectivity index (χ1) is 19.8. The molecule has 3 aliphatic rings. The number of aliphatic hydroxyl groups is 1. The second-order valence-electron chi connectivity index (χ2n) is 10.4. The standard InChI is InChI=1S/C31H33BrN2O7/c1-4-15-33(20-11-13-21(39-3)14-12-20)29(37)27-31-17-22(32)26(41-31)24(30(38)40-16-5-2)25(31)28(36)34(27)23(18-35)19-9-7-6-8-10-19/h4-14,22-27,35H,1-2,15-18H2,3H3/t22?,23-,24-,25+,26-,27?,31?/m1/s1. The zero-order valence-electron chi connectivity index (χ0n) is 22.7. The van der Waals surface area contributed by atoms with Gasteiger partial charge in [0.25, 0.3) is 5.91 Å². The number of esters is 1. The SMILES string of the molecule is C=CCOC(=O)[C@H]1[C@@H]2OC3(CC2Br)C(C(=O)N(CC=C)c2ccc(OC)cc2)N([C@H](CO)c2ccccc2)C(=O)[C@H]13. The van der Waals surface area contributed by atoms with E-state index in [9.17, 15) is 19.5 Å². The molecule has 5 rings (SSSR count). The first-order valence-corrected chi connectivity index (χ1v) is 14.4. The molecular formula is C31H33BrN2O7. The second kappa shape index (κ2) is 11.8. The van der Waals surface area contributed by atoms with Crippen molar-refractivity contribution in [2.45, 2.75) is 35.0 Å². The minimum Gasteiger partial charge on any atom is -0.497 e. The maximum Gasteiger partial charge on any atom is 0.312 e. The Morgan fingerprint density at radius 1 is 1.20 bits per heavy atom. The highest BCUT2D eigenvalue weighted by molar-refractivity contribution is 9.09. The summed E-state index contributed by atoms with van der Waals surface area (Å²) < 4.78 is 17.3. The molecule has 7 atom stereocenters. The van der Waals surface area contributed by atoms with E-state index in [0.717, 1.165) is 0 Å². The fourth-order valence-electron chi connectivity index (χ4n) is 6.58. The summed E-state index contributed by atoms with van der Waals surface area (Å²) in [5.74, 6) is -2.67. The zero-order valence-corrected chi connectivity index (χ0v) is 24.3. The Balaban J connectivity index is 1.64. The summed E-state index contributed by atoms with van der Waals surface area (Å²) in [5.41, 5.74) is -0.0834. The third kappa shape index (κ3) is 4.77. The van der Waals surface area contributed by atoms with E-state index in [0.29, 0.717) is 23.4 Å². The zero-order chi connectivity index (χ0) is 29.3. The lowest BCUT2D eigenvalue weighted by molar-refractivity contribution is -0.154. The molecule has 216 valence electrons. The number of hydrogen-bond donors (Lipinski definition) is 1. The van der Waals surface area contributed by atoms with Crippen LogP contribution in [-0.4, -0.2) is 77.2 Å². The summed E-state index contributed by atoms with van der Waals surface area (Å²) in [6.07, 6.45) is 2.73. The number of hydrogen-bond acceptors (Lipinski definition) is 7. The number of nitrogens with zero attached hydrogens (tertiary/aromatic N) is 2. The van der Waals surface area contributed by atoms with Crippen molar-refractivity contribution in [2.75, 3.05) is 31.8 Å². The molecule has 10 heteroatoms. The van der Waals surface area contributed by atoms with Crippen molar-refractivity contribution >= 4 is 39.4 Å². The number of alkyl halides is 1. The van der Waals surface area contributed by atoms with Crippen LogP contribution in [0.3, 0.4) is 0 Å². The van der Waals surface area contributed by atoms with Crippen LogP contribution < -0.4 is 9.64 Å². The predicted molar refractivity (Wildman–Crippen MR) is 156 cm³/mol. The van der Waals surface area contributed by atoms with Gasteiger partial charge in [-0.2, -0.15) is 0 Å². The smallest absolute Gasteiger partial charge is 0.312 e. The lowest BCUT2D eigenvalue weighted by atomic mass is 9.70. The number of anilines is 1. The van der Waals surface area contributed by atoms with E-state index in [-0.39, 0.29) is 18.0 Å². The van der Waals surface area contributed by atoms with Crippen molar-refractivity contribution in [1.29, 1.82) is 0 Å². The Kier molecular flexibility index (Phi) is 8.35. The van der Waals surface area contributed by atoms with E-state index in [1.165, 1.54) is 15.9 Å². The molecule has 0 aliphatic carbocycles. The Hall–Kier alpha value is -3.47. The topological polar surface area (TPSA) is 106 Å². The number of ether oxygens (including phenoxy) is 3. The van der Waals surface area contributed by atoms with E-state index in [1.807, 2.05) is 18.2 Å². The molecule has 3 aliphatic heterocycles. The Labute approximate surface area is 247 Å². The molecule has 2 aromatic carbocycles. The monoisotopic (exact) mass is 624 g/mol. The minimum absolute atomic E-state index is 0.0111. The van der Waals surface area contributed by atoms with Gasteiger partial charge in [0, 0.05) is 17.1 Å². The predicted octanol–water partition coefficient (Wildman–Crippen LogP) is 3.43. The fraction of sp³-hybridized carbons (Fsp3) is 0.387.